The molecule has 0 heterocycles. The molecule has 0 atom stereocenters. The molecule has 0 aliphatic heterocycles. The zero-order valence-corrected chi connectivity index (χ0v) is 12.9. The molecular formula is C15H29NO2S. The molecule has 1 rings (SSSR count). The SMILES string of the molecule is O=C(CCCS)NCCCOC1CCCCCCC1. The zero-order chi connectivity index (χ0) is 13.8. The van der Waals surface area contributed by atoms with Crippen LogP contribution in [0.2, 0.25) is 0 Å². The average Bonchev–Trinajstić information content (AvgIpc) is 2.38. The Morgan fingerprint density at radius 1 is 1.11 bits per heavy atom. The molecule has 0 bridgehead atoms. The highest BCUT2D eigenvalue weighted by atomic mass is 32.1. The number of amides is 1. The van der Waals surface area contributed by atoms with Gasteiger partial charge in [-0.25, -0.2) is 0 Å². The van der Waals surface area contributed by atoms with Crippen LogP contribution in [0.15, 0.2) is 0 Å². The quantitative estimate of drug-likeness (QED) is 0.531. The topological polar surface area (TPSA) is 38.3 Å². The molecule has 0 aromatic carbocycles. The Balaban J connectivity index is 1.95. The number of carbonyl (C=O) groups is 1. The van der Waals surface area contributed by atoms with Crippen LogP contribution in [0.1, 0.15) is 64.2 Å². The maximum absolute atomic E-state index is 11.4. The van der Waals surface area contributed by atoms with Crippen molar-refractivity contribution in [2.75, 3.05) is 18.9 Å². The Hall–Kier alpha value is -0.220. The number of hydrogen-bond donors (Lipinski definition) is 2. The highest BCUT2D eigenvalue weighted by Crippen LogP contribution is 2.19. The lowest BCUT2D eigenvalue weighted by Crippen LogP contribution is -2.25. The molecule has 0 aromatic rings. The summed E-state index contributed by atoms with van der Waals surface area (Å²) in [6.07, 6.45) is 12.0. The first-order valence-corrected chi connectivity index (χ1v) is 8.45. The minimum Gasteiger partial charge on any atom is -0.378 e. The smallest absolute Gasteiger partial charge is 0.220 e. The molecule has 112 valence electrons. The lowest BCUT2D eigenvalue weighted by Gasteiger charge is -2.20. The normalized spacial score (nSPS) is 17.7. The molecule has 4 heteroatoms. The third-order valence-corrected chi connectivity index (χ3v) is 3.93. The fourth-order valence-corrected chi connectivity index (χ4v) is 2.62. The summed E-state index contributed by atoms with van der Waals surface area (Å²) in [7, 11) is 0. The van der Waals surface area contributed by atoms with E-state index in [9.17, 15) is 4.79 Å². The fourth-order valence-electron chi connectivity index (χ4n) is 2.46. The Labute approximate surface area is 123 Å². The van der Waals surface area contributed by atoms with Gasteiger partial charge in [0.2, 0.25) is 5.91 Å². The van der Waals surface area contributed by atoms with Crippen molar-refractivity contribution in [2.24, 2.45) is 0 Å². The second kappa shape index (κ2) is 11.6. The summed E-state index contributed by atoms with van der Waals surface area (Å²) in [6.45, 7) is 1.51. The standard InChI is InChI=1S/C15H29NO2S/c17-15(10-6-13-19)16-11-7-12-18-14-8-4-2-1-3-5-9-14/h14,19H,1-13H2,(H,16,17). The molecule has 1 amide bonds. The molecule has 3 nitrogen and oxygen atoms in total. The summed E-state index contributed by atoms with van der Waals surface area (Å²) in [6, 6.07) is 0. The van der Waals surface area contributed by atoms with Crippen LogP contribution in [0.3, 0.4) is 0 Å². The van der Waals surface area contributed by atoms with Gasteiger partial charge in [0.05, 0.1) is 6.10 Å². The second-order valence-electron chi connectivity index (χ2n) is 5.37. The highest BCUT2D eigenvalue weighted by Gasteiger charge is 2.11. The highest BCUT2D eigenvalue weighted by molar-refractivity contribution is 7.80. The van der Waals surface area contributed by atoms with Crippen molar-refractivity contribution in [3.8, 4) is 0 Å². The summed E-state index contributed by atoms with van der Waals surface area (Å²) in [5.74, 6) is 0.915. The van der Waals surface area contributed by atoms with Crippen LogP contribution < -0.4 is 5.32 Å². The molecule has 1 fully saturated rings. The summed E-state index contributed by atoms with van der Waals surface area (Å²) >= 11 is 4.09. The summed E-state index contributed by atoms with van der Waals surface area (Å²) in [5, 5.41) is 2.92. The van der Waals surface area contributed by atoms with Crippen molar-refractivity contribution in [2.45, 2.75) is 70.3 Å². The number of thiol groups is 1. The first-order valence-electron chi connectivity index (χ1n) is 7.82. The van der Waals surface area contributed by atoms with E-state index >= 15 is 0 Å². The molecular weight excluding hydrogens is 258 g/mol. The Bertz CT molecular complexity index is 228. The van der Waals surface area contributed by atoms with E-state index in [0.717, 1.165) is 31.7 Å². The molecule has 1 saturated carbocycles. The Morgan fingerprint density at radius 2 is 1.79 bits per heavy atom. The van der Waals surface area contributed by atoms with Crippen molar-refractivity contribution in [3.63, 3.8) is 0 Å². The lowest BCUT2D eigenvalue weighted by molar-refractivity contribution is -0.121. The number of nitrogens with one attached hydrogen (secondary N) is 1. The maximum Gasteiger partial charge on any atom is 0.220 e. The van der Waals surface area contributed by atoms with E-state index in [1.54, 1.807) is 0 Å². The van der Waals surface area contributed by atoms with Gasteiger partial charge in [0, 0.05) is 19.6 Å². The first-order chi connectivity index (χ1) is 9.33. The van der Waals surface area contributed by atoms with E-state index in [-0.39, 0.29) is 5.91 Å². The molecule has 1 N–H and O–H groups in total. The van der Waals surface area contributed by atoms with Crippen LogP contribution in [-0.4, -0.2) is 30.9 Å². The van der Waals surface area contributed by atoms with Crippen molar-refractivity contribution in [1.82, 2.24) is 5.32 Å². The van der Waals surface area contributed by atoms with E-state index in [4.69, 9.17) is 4.74 Å². The fraction of sp³-hybridized carbons (Fsp3) is 0.933. The van der Waals surface area contributed by atoms with Gasteiger partial charge >= 0.3 is 0 Å². The van der Waals surface area contributed by atoms with Gasteiger partial charge in [-0.15, -0.1) is 0 Å². The Morgan fingerprint density at radius 3 is 2.47 bits per heavy atom. The summed E-state index contributed by atoms with van der Waals surface area (Å²) in [5.41, 5.74) is 0. The minimum atomic E-state index is 0.139. The predicted octanol–water partition coefficient (Wildman–Crippen LogP) is 3.33. The van der Waals surface area contributed by atoms with Gasteiger partial charge in [0.1, 0.15) is 0 Å². The van der Waals surface area contributed by atoms with Crippen molar-refractivity contribution < 1.29 is 9.53 Å². The van der Waals surface area contributed by atoms with Crippen LogP contribution in [0.4, 0.5) is 0 Å². The van der Waals surface area contributed by atoms with E-state index in [1.165, 1.54) is 44.9 Å². The van der Waals surface area contributed by atoms with Crippen molar-refractivity contribution >= 4 is 18.5 Å². The Kier molecular flexibility index (Phi) is 10.3. The molecule has 0 unspecified atom stereocenters. The van der Waals surface area contributed by atoms with E-state index in [0.29, 0.717) is 12.5 Å². The molecule has 0 spiro atoms. The van der Waals surface area contributed by atoms with Gasteiger partial charge in [-0.2, -0.15) is 12.6 Å². The maximum atomic E-state index is 11.4. The number of rotatable bonds is 8. The third kappa shape index (κ3) is 9.33. The minimum absolute atomic E-state index is 0.139. The second-order valence-corrected chi connectivity index (χ2v) is 5.82. The summed E-state index contributed by atoms with van der Waals surface area (Å²) in [4.78, 5) is 11.4. The van der Waals surface area contributed by atoms with E-state index < -0.39 is 0 Å². The molecule has 0 aromatic heterocycles. The molecule has 0 saturated heterocycles. The molecule has 1 aliphatic rings. The van der Waals surface area contributed by atoms with Gasteiger partial charge in [0.15, 0.2) is 0 Å². The van der Waals surface area contributed by atoms with E-state index in [2.05, 4.69) is 17.9 Å². The van der Waals surface area contributed by atoms with Crippen LogP contribution in [-0.2, 0) is 9.53 Å². The van der Waals surface area contributed by atoms with Crippen molar-refractivity contribution in [1.29, 1.82) is 0 Å². The molecule has 19 heavy (non-hydrogen) atoms. The summed E-state index contributed by atoms with van der Waals surface area (Å²) < 4.78 is 5.92. The van der Waals surface area contributed by atoms with Crippen LogP contribution in [0, 0.1) is 0 Å². The molecule has 0 radical (unpaired) electrons. The number of ether oxygens (including phenoxy) is 1. The number of hydrogen-bond acceptors (Lipinski definition) is 3. The van der Waals surface area contributed by atoms with Crippen LogP contribution in [0.5, 0.6) is 0 Å². The first kappa shape index (κ1) is 16.8. The van der Waals surface area contributed by atoms with Gasteiger partial charge in [-0.1, -0.05) is 32.1 Å². The van der Waals surface area contributed by atoms with Crippen LogP contribution >= 0.6 is 12.6 Å². The van der Waals surface area contributed by atoms with Crippen molar-refractivity contribution in [3.05, 3.63) is 0 Å². The zero-order valence-electron chi connectivity index (χ0n) is 12.0. The average molecular weight is 287 g/mol. The largest absolute Gasteiger partial charge is 0.378 e. The van der Waals surface area contributed by atoms with Crippen LogP contribution in [0.25, 0.3) is 0 Å². The van der Waals surface area contributed by atoms with Gasteiger partial charge in [-0.3, -0.25) is 4.79 Å². The molecule has 1 aliphatic carbocycles. The third-order valence-electron chi connectivity index (χ3n) is 3.61. The predicted molar refractivity (Wildman–Crippen MR) is 82.8 cm³/mol. The number of carbonyl (C=O) groups excluding carboxylic acids is 1. The monoisotopic (exact) mass is 287 g/mol. The van der Waals surface area contributed by atoms with Gasteiger partial charge in [0.25, 0.3) is 0 Å². The lowest BCUT2D eigenvalue weighted by atomic mass is 9.99. The van der Waals surface area contributed by atoms with Gasteiger partial charge < -0.3 is 10.1 Å². The van der Waals surface area contributed by atoms with E-state index in [1.807, 2.05) is 0 Å². The van der Waals surface area contributed by atoms with Gasteiger partial charge in [-0.05, 0) is 31.4 Å².